The maximum Gasteiger partial charge on any atom is 0.191 e. The number of rotatable bonds is 4. The van der Waals surface area contributed by atoms with Gasteiger partial charge in [-0.25, -0.2) is 8.78 Å². The molecule has 1 fully saturated rings. The Morgan fingerprint density at radius 2 is 2.00 bits per heavy atom. The van der Waals surface area contributed by atoms with E-state index in [9.17, 15) is 8.78 Å². The molecule has 23 heavy (non-hydrogen) atoms. The number of halogens is 3. The maximum atomic E-state index is 13.8. The summed E-state index contributed by atoms with van der Waals surface area (Å²) in [5.74, 6) is 0.228. The SMILES string of the molecule is CN=C(NCC(C)C)NC1CCN(c2c(F)cccc2F)C1.I. The Bertz CT molecular complexity index is 517. The second-order valence-corrected chi connectivity index (χ2v) is 5.99. The van der Waals surface area contributed by atoms with Gasteiger partial charge in [0.15, 0.2) is 5.96 Å². The summed E-state index contributed by atoms with van der Waals surface area (Å²) in [6.07, 6.45) is 0.816. The van der Waals surface area contributed by atoms with Gasteiger partial charge in [0.1, 0.15) is 17.3 Å². The molecule has 0 aliphatic carbocycles. The largest absolute Gasteiger partial charge is 0.365 e. The predicted octanol–water partition coefficient (Wildman–Crippen LogP) is 2.98. The Hall–Kier alpha value is -1.12. The van der Waals surface area contributed by atoms with Gasteiger partial charge >= 0.3 is 0 Å². The lowest BCUT2D eigenvalue weighted by Crippen LogP contribution is -2.45. The monoisotopic (exact) mass is 438 g/mol. The molecule has 1 aliphatic rings. The second kappa shape index (κ2) is 9.24. The molecule has 1 saturated heterocycles. The fourth-order valence-electron chi connectivity index (χ4n) is 2.56. The number of para-hydroxylation sites is 1. The summed E-state index contributed by atoms with van der Waals surface area (Å²) in [5.41, 5.74) is 0.0666. The van der Waals surface area contributed by atoms with E-state index in [1.165, 1.54) is 18.2 Å². The molecule has 1 atom stereocenters. The fraction of sp³-hybridized carbons (Fsp3) is 0.562. The smallest absolute Gasteiger partial charge is 0.191 e. The highest BCUT2D eigenvalue weighted by Gasteiger charge is 2.27. The van der Waals surface area contributed by atoms with Crippen LogP contribution in [-0.2, 0) is 0 Å². The normalized spacial score (nSPS) is 18.1. The third-order valence-corrected chi connectivity index (χ3v) is 3.68. The Morgan fingerprint density at radius 1 is 1.35 bits per heavy atom. The lowest BCUT2D eigenvalue weighted by Gasteiger charge is -2.21. The molecule has 1 aromatic rings. The summed E-state index contributed by atoms with van der Waals surface area (Å²) in [6.45, 7) is 6.26. The summed E-state index contributed by atoms with van der Waals surface area (Å²) < 4.78 is 27.7. The quantitative estimate of drug-likeness (QED) is 0.432. The van der Waals surface area contributed by atoms with Crippen molar-refractivity contribution < 1.29 is 8.78 Å². The number of hydrogen-bond acceptors (Lipinski definition) is 2. The molecular formula is C16H25F2IN4. The highest BCUT2D eigenvalue weighted by molar-refractivity contribution is 14.0. The Labute approximate surface area is 153 Å². The van der Waals surface area contributed by atoms with Crippen LogP contribution in [0, 0.1) is 17.6 Å². The van der Waals surface area contributed by atoms with Crippen LogP contribution in [0.1, 0.15) is 20.3 Å². The minimum absolute atomic E-state index is 0. The summed E-state index contributed by atoms with van der Waals surface area (Å²) in [5, 5.41) is 6.56. The van der Waals surface area contributed by atoms with Crippen LogP contribution in [0.4, 0.5) is 14.5 Å². The van der Waals surface area contributed by atoms with Crippen LogP contribution in [0.2, 0.25) is 0 Å². The van der Waals surface area contributed by atoms with Gasteiger partial charge in [-0.2, -0.15) is 0 Å². The van der Waals surface area contributed by atoms with Crippen LogP contribution in [0.15, 0.2) is 23.2 Å². The fourth-order valence-corrected chi connectivity index (χ4v) is 2.56. The molecule has 4 nitrogen and oxygen atoms in total. The van der Waals surface area contributed by atoms with Crippen LogP contribution in [-0.4, -0.2) is 38.7 Å². The van der Waals surface area contributed by atoms with Gasteiger partial charge in [-0.1, -0.05) is 19.9 Å². The summed E-state index contributed by atoms with van der Waals surface area (Å²) in [6, 6.07) is 4.10. The Morgan fingerprint density at radius 3 is 2.57 bits per heavy atom. The van der Waals surface area contributed by atoms with E-state index in [1.807, 2.05) is 0 Å². The summed E-state index contributed by atoms with van der Waals surface area (Å²) in [4.78, 5) is 5.93. The molecule has 0 radical (unpaired) electrons. The van der Waals surface area contributed by atoms with E-state index in [-0.39, 0.29) is 35.7 Å². The van der Waals surface area contributed by atoms with Gasteiger partial charge in [0.05, 0.1) is 0 Å². The van der Waals surface area contributed by atoms with Crippen LogP contribution >= 0.6 is 24.0 Å². The zero-order valence-corrected chi connectivity index (χ0v) is 16.1. The first kappa shape index (κ1) is 19.9. The molecule has 2 rings (SSSR count). The van der Waals surface area contributed by atoms with Gasteiger partial charge in [-0.15, -0.1) is 24.0 Å². The minimum atomic E-state index is -0.511. The summed E-state index contributed by atoms with van der Waals surface area (Å²) in [7, 11) is 1.72. The molecule has 130 valence electrons. The van der Waals surface area contributed by atoms with Gasteiger partial charge in [0, 0.05) is 32.7 Å². The van der Waals surface area contributed by atoms with Crippen molar-refractivity contribution in [3.05, 3.63) is 29.8 Å². The number of benzene rings is 1. The first-order chi connectivity index (χ1) is 10.5. The van der Waals surface area contributed by atoms with Crippen molar-refractivity contribution in [1.82, 2.24) is 10.6 Å². The molecule has 0 saturated carbocycles. The van der Waals surface area contributed by atoms with Crippen molar-refractivity contribution in [2.75, 3.05) is 31.6 Å². The van der Waals surface area contributed by atoms with Gasteiger partial charge in [-0.3, -0.25) is 4.99 Å². The van der Waals surface area contributed by atoms with Gasteiger partial charge in [0.2, 0.25) is 0 Å². The van der Waals surface area contributed by atoms with Crippen LogP contribution in [0.5, 0.6) is 0 Å². The lowest BCUT2D eigenvalue weighted by atomic mass is 10.2. The van der Waals surface area contributed by atoms with Gasteiger partial charge in [0.25, 0.3) is 0 Å². The number of anilines is 1. The molecule has 1 aromatic carbocycles. The van der Waals surface area contributed by atoms with E-state index in [4.69, 9.17) is 0 Å². The van der Waals surface area contributed by atoms with Crippen molar-refractivity contribution >= 4 is 35.6 Å². The third kappa shape index (κ3) is 5.47. The Kier molecular flexibility index (Phi) is 8.01. The maximum absolute atomic E-state index is 13.8. The highest BCUT2D eigenvalue weighted by Crippen LogP contribution is 2.26. The molecule has 0 aromatic heterocycles. The zero-order chi connectivity index (χ0) is 16.1. The first-order valence-electron chi connectivity index (χ1n) is 7.67. The van der Waals surface area contributed by atoms with Gasteiger partial charge in [-0.05, 0) is 24.5 Å². The number of hydrogen-bond donors (Lipinski definition) is 2. The van der Waals surface area contributed by atoms with Crippen LogP contribution in [0.3, 0.4) is 0 Å². The first-order valence-corrected chi connectivity index (χ1v) is 7.67. The number of guanidine groups is 1. The minimum Gasteiger partial charge on any atom is -0.365 e. The van der Waals surface area contributed by atoms with Crippen molar-refractivity contribution in [3.63, 3.8) is 0 Å². The third-order valence-electron chi connectivity index (χ3n) is 3.68. The second-order valence-electron chi connectivity index (χ2n) is 5.99. The Balaban J connectivity index is 0.00000264. The molecule has 0 amide bonds. The highest BCUT2D eigenvalue weighted by atomic mass is 127. The lowest BCUT2D eigenvalue weighted by molar-refractivity contribution is 0.574. The zero-order valence-electron chi connectivity index (χ0n) is 13.8. The molecule has 1 unspecified atom stereocenters. The molecule has 1 aliphatic heterocycles. The van der Waals surface area contributed by atoms with Crippen LogP contribution in [0.25, 0.3) is 0 Å². The van der Waals surface area contributed by atoms with E-state index in [2.05, 4.69) is 29.5 Å². The topological polar surface area (TPSA) is 39.7 Å². The molecule has 7 heteroatoms. The average Bonchev–Trinajstić information content (AvgIpc) is 2.91. The van der Waals surface area contributed by atoms with Crippen molar-refractivity contribution in [2.24, 2.45) is 10.9 Å². The van der Waals surface area contributed by atoms with Gasteiger partial charge < -0.3 is 15.5 Å². The number of nitrogens with one attached hydrogen (secondary N) is 2. The molecule has 2 N–H and O–H groups in total. The van der Waals surface area contributed by atoms with Crippen LogP contribution < -0.4 is 15.5 Å². The summed E-state index contributed by atoms with van der Waals surface area (Å²) >= 11 is 0. The molecule has 1 heterocycles. The van der Waals surface area contributed by atoms with E-state index in [0.717, 1.165) is 18.9 Å². The molecular weight excluding hydrogens is 413 g/mol. The number of nitrogens with zero attached hydrogens (tertiary/aromatic N) is 2. The van der Waals surface area contributed by atoms with Crippen molar-refractivity contribution in [3.8, 4) is 0 Å². The van der Waals surface area contributed by atoms with Crippen molar-refractivity contribution in [1.29, 1.82) is 0 Å². The van der Waals surface area contributed by atoms with E-state index in [0.29, 0.717) is 19.0 Å². The van der Waals surface area contributed by atoms with E-state index >= 15 is 0 Å². The van der Waals surface area contributed by atoms with E-state index in [1.54, 1.807) is 11.9 Å². The number of aliphatic imine (C=N–C) groups is 1. The molecule has 0 spiro atoms. The van der Waals surface area contributed by atoms with Crippen molar-refractivity contribution in [2.45, 2.75) is 26.3 Å². The predicted molar refractivity (Wildman–Crippen MR) is 102 cm³/mol. The van der Waals surface area contributed by atoms with E-state index < -0.39 is 11.6 Å². The molecule has 0 bridgehead atoms. The average molecular weight is 438 g/mol. The standard InChI is InChI=1S/C16H24F2N4.HI/c1-11(2)9-20-16(19-3)21-12-7-8-22(10-12)15-13(17)5-4-6-14(15)18;/h4-6,11-12H,7-10H2,1-3H3,(H2,19,20,21);1H.